The summed E-state index contributed by atoms with van der Waals surface area (Å²) < 4.78 is 0. The molecular formula is C11H5ClN4. The Balaban J connectivity index is 2.72. The highest BCUT2D eigenvalue weighted by Gasteiger charge is 2.19. The van der Waals surface area contributed by atoms with Crippen LogP contribution < -0.4 is 5.43 Å². The highest BCUT2D eigenvalue weighted by atomic mass is 35.5. The minimum atomic E-state index is -0.0135. The first kappa shape index (κ1) is 10.2. The van der Waals surface area contributed by atoms with E-state index in [1.54, 1.807) is 12.1 Å². The van der Waals surface area contributed by atoms with Gasteiger partial charge in [-0.2, -0.15) is 15.6 Å². The molecule has 1 N–H and O–H groups in total. The van der Waals surface area contributed by atoms with E-state index in [1.165, 1.54) is 0 Å². The summed E-state index contributed by atoms with van der Waals surface area (Å²) in [5.74, 6) is 0. The van der Waals surface area contributed by atoms with Crippen LogP contribution in [-0.2, 0) is 0 Å². The van der Waals surface area contributed by atoms with Gasteiger partial charge in [0.2, 0.25) is 0 Å². The van der Waals surface area contributed by atoms with Crippen LogP contribution in [0.4, 0.5) is 0 Å². The molecule has 0 aromatic heterocycles. The summed E-state index contributed by atoms with van der Waals surface area (Å²) in [4.78, 5) is 0. The number of nitrogens with zero attached hydrogens (tertiary/aromatic N) is 3. The van der Waals surface area contributed by atoms with Gasteiger partial charge in [0, 0.05) is 11.1 Å². The van der Waals surface area contributed by atoms with Crippen molar-refractivity contribution in [3.05, 3.63) is 41.0 Å². The summed E-state index contributed by atoms with van der Waals surface area (Å²) in [7, 11) is 0. The van der Waals surface area contributed by atoms with Crippen molar-refractivity contribution in [1.29, 1.82) is 10.5 Å². The van der Waals surface area contributed by atoms with E-state index in [-0.39, 0.29) is 5.57 Å². The molecule has 0 unspecified atom stereocenters. The van der Waals surface area contributed by atoms with Gasteiger partial charge in [0.05, 0.1) is 5.70 Å². The lowest BCUT2D eigenvalue weighted by molar-refractivity contribution is 0.977. The molecule has 1 heterocycles. The minimum Gasteiger partial charge on any atom is -0.274 e. The summed E-state index contributed by atoms with van der Waals surface area (Å²) in [5.41, 5.74) is 4.42. The van der Waals surface area contributed by atoms with Crippen LogP contribution in [-0.4, -0.2) is 5.17 Å². The number of rotatable bonds is 0. The molecule has 76 valence electrons. The van der Waals surface area contributed by atoms with Gasteiger partial charge in [-0.3, -0.25) is 5.43 Å². The Bertz CT molecular complexity index is 571. The zero-order valence-electron chi connectivity index (χ0n) is 8.03. The van der Waals surface area contributed by atoms with Gasteiger partial charge in [-0.15, -0.1) is 0 Å². The van der Waals surface area contributed by atoms with Crippen LogP contribution in [0, 0.1) is 22.7 Å². The van der Waals surface area contributed by atoms with Gasteiger partial charge in [0.15, 0.2) is 10.7 Å². The van der Waals surface area contributed by atoms with Crippen LogP contribution in [0.15, 0.2) is 34.9 Å². The van der Waals surface area contributed by atoms with Crippen LogP contribution in [0.25, 0.3) is 5.70 Å². The van der Waals surface area contributed by atoms with Crippen LogP contribution in [0.2, 0.25) is 0 Å². The lowest BCUT2D eigenvalue weighted by atomic mass is 10.0. The molecule has 0 aliphatic carbocycles. The number of hydrazone groups is 1. The van der Waals surface area contributed by atoms with Crippen LogP contribution in [0.3, 0.4) is 0 Å². The van der Waals surface area contributed by atoms with Crippen molar-refractivity contribution in [2.75, 3.05) is 0 Å². The number of benzene rings is 1. The SMILES string of the molecule is N#CC(C#N)=C1NN=C(Cl)c2ccccc21. The van der Waals surface area contributed by atoms with Crippen molar-refractivity contribution in [3.8, 4) is 12.1 Å². The molecule has 1 aromatic rings. The third kappa shape index (κ3) is 1.52. The number of nitriles is 2. The number of nitrogens with one attached hydrogen (secondary N) is 1. The van der Waals surface area contributed by atoms with Gasteiger partial charge in [-0.1, -0.05) is 35.9 Å². The van der Waals surface area contributed by atoms with Gasteiger partial charge in [-0.05, 0) is 0 Å². The number of halogens is 1. The Labute approximate surface area is 97.1 Å². The van der Waals surface area contributed by atoms with Gasteiger partial charge >= 0.3 is 0 Å². The van der Waals surface area contributed by atoms with Crippen molar-refractivity contribution < 1.29 is 0 Å². The number of allylic oxidation sites excluding steroid dienone is 1. The Kier molecular flexibility index (Phi) is 2.59. The van der Waals surface area contributed by atoms with Crippen LogP contribution in [0.1, 0.15) is 11.1 Å². The van der Waals surface area contributed by atoms with Crippen LogP contribution in [0.5, 0.6) is 0 Å². The molecule has 0 atom stereocenters. The van der Waals surface area contributed by atoms with Crippen molar-refractivity contribution in [1.82, 2.24) is 5.43 Å². The molecule has 1 aromatic carbocycles. The quantitative estimate of drug-likeness (QED) is 0.690. The fourth-order valence-electron chi connectivity index (χ4n) is 1.43. The van der Waals surface area contributed by atoms with E-state index < -0.39 is 0 Å². The average molecular weight is 229 g/mol. The van der Waals surface area contributed by atoms with E-state index >= 15 is 0 Å². The monoisotopic (exact) mass is 228 g/mol. The van der Waals surface area contributed by atoms with Crippen molar-refractivity contribution >= 4 is 22.5 Å². The summed E-state index contributed by atoms with van der Waals surface area (Å²) in [5, 5.41) is 21.8. The first-order chi connectivity index (χ1) is 7.77. The fraction of sp³-hybridized carbons (Fsp3) is 0. The Hall–Kier alpha value is -2.30. The topological polar surface area (TPSA) is 72.0 Å². The molecule has 4 nitrogen and oxygen atoms in total. The predicted molar refractivity (Wildman–Crippen MR) is 60.1 cm³/mol. The third-order valence-electron chi connectivity index (χ3n) is 2.16. The number of hydrogen-bond donors (Lipinski definition) is 1. The standard InChI is InChI=1S/C11H5ClN4/c12-11-9-4-2-1-3-8(9)10(15-16-11)7(5-13)6-14/h1-4,15H. The smallest absolute Gasteiger partial charge is 0.157 e. The minimum absolute atomic E-state index is 0.0135. The Morgan fingerprint density at radius 2 is 1.81 bits per heavy atom. The first-order valence-electron chi connectivity index (χ1n) is 4.41. The van der Waals surface area contributed by atoms with E-state index in [1.807, 2.05) is 24.3 Å². The van der Waals surface area contributed by atoms with Gasteiger partial charge in [0.1, 0.15) is 12.1 Å². The van der Waals surface area contributed by atoms with Gasteiger partial charge in [0.25, 0.3) is 0 Å². The number of fused-ring (bicyclic) bond motifs is 1. The molecule has 0 amide bonds. The molecule has 0 bridgehead atoms. The van der Waals surface area contributed by atoms with E-state index in [2.05, 4.69) is 10.5 Å². The lowest BCUT2D eigenvalue weighted by Crippen LogP contribution is -2.17. The van der Waals surface area contributed by atoms with E-state index in [4.69, 9.17) is 22.1 Å². The maximum atomic E-state index is 8.82. The van der Waals surface area contributed by atoms with Crippen molar-refractivity contribution in [2.24, 2.45) is 5.10 Å². The molecule has 0 saturated heterocycles. The summed E-state index contributed by atoms with van der Waals surface area (Å²) in [6.45, 7) is 0. The van der Waals surface area contributed by atoms with Gasteiger partial charge in [-0.25, -0.2) is 0 Å². The zero-order chi connectivity index (χ0) is 11.5. The first-order valence-corrected chi connectivity index (χ1v) is 4.79. The maximum absolute atomic E-state index is 8.82. The summed E-state index contributed by atoms with van der Waals surface area (Å²) >= 11 is 5.90. The maximum Gasteiger partial charge on any atom is 0.157 e. The molecule has 5 heteroatoms. The molecule has 0 radical (unpaired) electrons. The van der Waals surface area contributed by atoms with E-state index in [0.717, 1.165) is 0 Å². The Morgan fingerprint density at radius 3 is 2.44 bits per heavy atom. The second-order valence-electron chi connectivity index (χ2n) is 3.03. The zero-order valence-corrected chi connectivity index (χ0v) is 8.78. The van der Waals surface area contributed by atoms with Crippen LogP contribution >= 0.6 is 11.6 Å². The van der Waals surface area contributed by atoms with E-state index in [9.17, 15) is 0 Å². The largest absolute Gasteiger partial charge is 0.274 e. The molecular weight excluding hydrogens is 224 g/mol. The van der Waals surface area contributed by atoms with E-state index in [0.29, 0.717) is 22.0 Å². The third-order valence-corrected chi connectivity index (χ3v) is 2.45. The molecule has 1 aliphatic rings. The molecule has 0 spiro atoms. The molecule has 2 rings (SSSR count). The molecule has 1 aliphatic heterocycles. The van der Waals surface area contributed by atoms with Gasteiger partial charge < -0.3 is 0 Å². The highest BCUT2D eigenvalue weighted by Crippen LogP contribution is 2.25. The summed E-state index contributed by atoms with van der Waals surface area (Å²) in [6, 6.07) is 10.8. The van der Waals surface area contributed by atoms with Crippen molar-refractivity contribution in [2.45, 2.75) is 0 Å². The molecule has 16 heavy (non-hydrogen) atoms. The average Bonchev–Trinajstić information content (AvgIpc) is 2.34. The Morgan fingerprint density at radius 1 is 1.19 bits per heavy atom. The number of hydrogen-bond acceptors (Lipinski definition) is 4. The predicted octanol–water partition coefficient (Wildman–Crippen LogP) is 1.95. The molecule has 0 fully saturated rings. The highest BCUT2D eigenvalue weighted by molar-refractivity contribution is 6.70. The second-order valence-corrected chi connectivity index (χ2v) is 3.39. The summed E-state index contributed by atoms with van der Waals surface area (Å²) in [6.07, 6.45) is 0. The van der Waals surface area contributed by atoms with Crippen molar-refractivity contribution in [3.63, 3.8) is 0 Å². The lowest BCUT2D eigenvalue weighted by Gasteiger charge is -2.16. The second kappa shape index (κ2) is 4.06. The normalized spacial score (nSPS) is 12.7. The fourth-order valence-corrected chi connectivity index (χ4v) is 1.64. The molecule has 0 saturated carbocycles.